The summed E-state index contributed by atoms with van der Waals surface area (Å²) < 4.78 is 38.5. The number of ether oxygens (including phenoxy) is 1. The number of hydrogen-bond acceptors (Lipinski definition) is 7. The van der Waals surface area contributed by atoms with Gasteiger partial charge in [0.1, 0.15) is 12.0 Å². The number of carbonyl (C=O) groups is 1. The van der Waals surface area contributed by atoms with Gasteiger partial charge in [-0.1, -0.05) is 38.2 Å². The lowest BCUT2D eigenvalue weighted by molar-refractivity contribution is -0.116. The van der Waals surface area contributed by atoms with E-state index < -0.39 is 17.4 Å². The van der Waals surface area contributed by atoms with E-state index in [2.05, 4.69) is 47.7 Å². The summed E-state index contributed by atoms with van der Waals surface area (Å²) in [7, 11) is 0. The molecule has 0 aromatic carbocycles. The van der Waals surface area contributed by atoms with E-state index in [1.54, 1.807) is 22.9 Å². The summed E-state index contributed by atoms with van der Waals surface area (Å²) in [5.74, 6) is -0.628. The largest absolute Gasteiger partial charge is 0.477 e. The second kappa shape index (κ2) is 11.9. The Bertz CT molecular complexity index is 1240. The van der Waals surface area contributed by atoms with Gasteiger partial charge in [0.2, 0.25) is 5.88 Å². The number of rotatable bonds is 10. The molecule has 1 saturated heterocycles. The summed E-state index contributed by atoms with van der Waals surface area (Å²) in [6, 6.07) is 1.76. The zero-order valence-electron chi connectivity index (χ0n) is 25.3. The highest BCUT2D eigenvalue weighted by Crippen LogP contribution is 2.59. The lowest BCUT2D eigenvalue weighted by atomic mass is 9.77. The molecule has 8 nitrogen and oxygen atoms in total. The smallest absolute Gasteiger partial charge is 0.260 e. The van der Waals surface area contributed by atoms with Crippen molar-refractivity contribution < 1.29 is 23.4 Å². The van der Waals surface area contributed by atoms with E-state index in [4.69, 9.17) is 4.74 Å². The maximum absolute atomic E-state index is 13.9. The lowest BCUT2D eigenvalue weighted by Gasteiger charge is -2.51. The van der Waals surface area contributed by atoms with Crippen LogP contribution in [0.15, 0.2) is 48.0 Å². The van der Waals surface area contributed by atoms with Crippen LogP contribution in [0.5, 0.6) is 5.88 Å². The summed E-state index contributed by atoms with van der Waals surface area (Å²) >= 11 is 1.22. The molecule has 5 rings (SSSR count). The number of hydrogen-bond donors (Lipinski definition) is 3. The maximum atomic E-state index is 13.9. The predicted octanol–water partition coefficient (Wildman–Crippen LogP) is 5.56. The van der Waals surface area contributed by atoms with E-state index in [0.717, 1.165) is 25.7 Å². The number of alkyl halides is 2. The topological polar surface area (TPSA) is 91.7 Å². The minimum absolute atomic E-state index is 0.163. The van der Waals surface area contributed by atoms with Gasteiger partial charge in [-0.05, 0) is 83.1 Å². The first kappa shape index (κ1) is 30.9. The Kier molecular flexibility index (Phi) is 8.73. The van der Waals surface area contributed by atoms with Gasteiger partial charge in [-0.25, -0.2) is 13.5 Å². The van der Waals surface area contributed by atoms with Crippen LogP contribution in [0.3, 0.4) is 0 Å². The zero-order valence-corrected chi connectivity index (χ0v) is 26.1. The van der Waals surface area contributed by atoms with Crippen LogP contribution < -0.4 is 14.8 Å². The minimum atomic E-state index is -2.70. The summed E-state index contributed by atoms with van der Waals surface area (Å²) in [5, 5.41) is 18.3. The van der Waals surface area contributed by atoms with Crippen LogP contribution in [-0.2, 0) is 4.79 Å². The van der Waals surface area contributed by atoms with E-state index in [1.165, 1.54) is 11.9 Å². The van der Waals surface area contributed by atoms with Gasteiger partial charge in [0.25, 0.3) is 11.8 Å². The molecule has 3 N–H and O–H groups in total. The Hall–Kier alpha value is -2.53. The number of halogens is 2. The molecule has 232 valence electrons. The summed E-state index contributed by atoms with van der Waals surface area (Å²) in [6.45, 7) is 11.0. The fourth-order valence-electron chi connectivity index (χ4n) is 6.43. The second-order valence-electron chi connectivity index (χ2n) is 13.3. The fraction of sp³-hybridized carbons (Fsp3) is 0.677. The molecule has 5 atom stereocenters. The van der Waals surface area contributed by atoms with Crippen molar-refractivity contribution in [2.75, 3.05) is 13.2 Å². The van der Waals surface area contributed by atoms with Crippen LogP contribution in [0.4, 0.5) is 8.78 Å². The number of amides is 1. The van der Waals surface area contributed by atoms with Gasteiger partial charge in [-0.3, -0.25) is 9.52 Å². The summed E-state index contributed by atoms with van der Waals surface area (Å²) in [5.41, 5.74) is -0.411. The van der Waals surface area contributed by atoms with Crippen molar-refractivity contribution in [1.29, 1.82) is 0 Å². The molecule has 4 aliphatic rings. The first-order chi connectivity index (χ1) is 19.8. The van der Waals surface area contributed by atoms with Gasteiger partial charge in [-0.2, -0.15) is 0 Å². The minimum Gasteiger partial charge on any atom is -0.477 e. The Labute approximate surface area is 252 Å². The fourth-order valence-corrected chi connectivity index (χ4v) is 7.20. The number of aliphatic hydroxyl groups is 1. The Morgan fingerprint density at radius 1 is 1.26 bits per heavy atom. The average molecular weight is 606 g/mol. The molecular weight excluding hydrogens is 560 g/mol. The average Bonchev–Trinajstić information content (AvgIpc) is 3.59. The molecule has 3 heterocycles. The molecule has 42 heavy (non-hydrogen) atoms. The molecule has 11 heteroatoms. The first-order valence-electron chi connectivity index (χ1n) is 15.1. The highest BCUT2D eigenvalue weighted by Gasteiger charge is 2.58. The molecule has 0 bridgehead atoms. The number of carbonyl (C=O) groups excluding carboxylic acids is 1. The third-order valence-corrected chi connectivity index (χ3v) is 10.7. The van der Waals surface area contributed by atoms with Crippen LogP contribution >= 0.6 is 11.9 Å². The van der Waals surface area contributed by atoms with E-state index >= 15 is 0 Å². The van der Waals surface area contributed by atoms with Crippen LogP contribution in [0.2, 0.25) is 0 Å². The Morgan fingerprint density at radius 2 is 2.00 bits per heavy atom. The quantitative estimate of drug-likeness (QED) is 0.301. The third-order valence-electron chi connectivity index (χ3n) is 9.66. The maximum Gasteiger partial charge on any atom is 0.260 e. The number of allylic oxidation sites excluding steroid dienone is 2. The van der Waals surface area contributed by atoms with Gasteiger partial charge in [0.15, 0.2) is 0 Å². The third kappa shape index (κ3) is 6.51. The van der Waals surface area contributed by atoms with E-state index in [0.29, 0.717) is 55.4 Å². The number of nitrogens with one attached hydrogen (secondary N) is 2. The number of aliphatic hydroxyl groups excluding tert-OH is 1. The molecule has 2 fully saturated rings. The monoisotopic (exact) mass is 605 g/mol. The lowest BCUT2D eigenvalue weighted by Crippen LogP contribution is -2.56. The zero-order chi connectivity index (χ0) is 30.3. The Morgan fingerprint density at radius 3 is 2.69 bits per heavy atom. The molecule has 1 amide bonds. The normalized spacial score (nSPS) is 30.2. The van der Waals surface area contributed by atoms with Gasteiger partial charge in [-0.15, -0.1) is 5.10 Å². The van der Waals surface area contributed by atoms with Gasteiger partial charge in [0.05, 0.1) is 23.5 Å². The predicted molar refractivity (Wildman–Crippen MR) is 161 cm³/mol. The number of piperidine rings is 1. The van der Waals surface area contributed by atoms with Crippen molar-refractivity contribution in [2.24, 2.45) is 17.3 Å². The van der Waals surface area contributed by atoms with Gasteiger partial charge < -0.3 is 20.1 Å². The van der Waals surface area contributed by atoms with Gasteiger partial charge in [0, 0.05) is 29.8 Å². The van der Waals surface area contributed by atoms with Crippen LogP contribution in [0.1, 0.15) is 79.3 Å². The second-order valence-corrected chi connectivity index (χ2v) is 14.3. The molecule has 2 aliphatic carbocycles. The molecule has 2 aliphatic heterocycles. The molecule has 4 unspecified atom stereocenters. The van der Waals surface area contributed by atoms with Gasteiger partial charge >= 0.3 is 0 Å². The Balaban J connectivity index is 1.31. The van der Waals surface area contributed by atoms with Crippen molar-refractivity contribution in [3.63, 3.8) is 0 Å². The molecule has 0 radical (unpaired) electrons. The molecular formula is C31H45F2N5O3S. The summed E-state index contributed by atoms with van der Waals surface area (Å²) in [6.07, 6.45) is 11.8. The molecule has 1 saturated carbocycles. The van der Waals surface area contributed by atoms with Crippen LogP contribution in [0.25, 0.3) is 0 Å². The van der Waals surface area contributed by atoms with Crippen LogP contribution in [-0.4, -0.2) is 61.7 Å². The number of likely N-dealkylation sites (tertiary alicyclic amines) is 1. The number of aromatic nitrogens is 2. The molecule has 1 aromatic heterocycles. The van der Waals surface area contributed by atoms with Crippen molar-refractivity contribution in [3.8, 4) is 5.88 Å². The van der Waals surface area contributed by atoms with E-state index in [1.807, 2.05) is 18.3 Å². The number of nitrogens with zero attached hydrogens (tertiary/aromatic N) is 3. The SMILES string of the molecule is CC1CN(C2=C(C(=O)NSC3C=CC=CC3O)CCC(n3ccc(OCCC4(C(C)(F)F)CC4)n3)N2)C(C)(C)C[C@@H]1C. The van der Waals surface area contributed by atoms with E-state index in [9.17, 15) is 18.7 Å². The highest BCUT2D eigenvalue weighted by molar-refractivity contribution is 7.98. The summed E-state index contributed by atoms with van der Waals surface area (Å²) in [4.78, 5) is 15.9. The molecule has 0 spiro atoms. The van der Waals surface area contributed by atoms with Crippen molar-refractivity contribution in [2.45, 2.75) is 102 Å². The molecule has 1 aromatic rings. The van der Waals surface area contributed by atoms with Crippen molar-refractivity contribution in [3.05, 3.63) is 48.0 Å². The van der Waals surface area contributed by atoms with Crippen molar-refractivity contribution in [1.82, 2.24) is 24.7 Å². The van der Waals surface area contributed by atoms with Crippen molar-refractivity contribution >= 4 is 17.9 Å². The van der Waals surface area contributed by atoms with Crippen LogP contribution in [0, 0.1) is 17.3 Å². The van der Waals surface area contributed by atoms with E-state index in [-0.39, 0.29) is 29.5 Å². The highest BCUT2D eigenvalue weighted by atomic mass is 32.2. The standard InChI is InChI=1S/C31H45F2N5O3S/c1-20-18-29(3,4)37(19-21(20)2)27-22(28(40)36-42-24-9-7-6-8-23(24)39)10-11-25(34-27)38-16-12-26(35-38)41-17-15-31(13-14-31)30(5,32)33/h6-9,12,16,20-21,23-25,34,39H,10-11,13-15,17-19H2,1-5H3,(H,36,40)/t20-,21?,23?,24?,25?/m0/s1. The first-order valence-corrected chi connectivity index (χ1v) is 16.0.